The number of carbonyl (C=O) groups excluding carboxylic acids is 2. The number of likely N-dealkylation sites (tertiary alicyclic amines) is 1. The van der Waals surface area contributed by atoms with Gasteiger partial charge < -0.3 is 9.64 Å². The topological polar surface area (TPSA) is 59.5 Å². The first-order valence-corrected chi connectivity index (χ1v) is 7.46. The van der Waals surface area contributed by atoms with Crippen LogP contribution in [-0.2, 0) is 20.7 Å². The first-order valence-electron chi connectivity index (χ1n) is 7.46. The lowest BCUT2D eigenvalue weighted by Crippen LogP contribution is -2.45. The van der Waals surface area contributed by atoms with Crippen LogP contribution < -0.4 is 0 Å². The van der Waals surface area contributed by atoms with Gasteiger partial charge in [-0.05, 0) is 37.3 Å². The van der Waals surface area contributed by atoms with Crippen molar-refractivity contribution in [3.05, 3.63) is 30.1 Å². The third-order valence-corrected chi connectivity index (χ3v) is 3.93. The molecular weight excluding hydrogens is 268 g/mol. The molecule has 0 radical (unpaired) electrons. The third kappa shape index (κ3) is 4.55. The van der Waals surface area contributed by atoms with E-state index in [0.29, 0.717) is 19.3 Å². The number of ether oxygens (including phenoxy) is 1. The number of rotatable bonds is 5. The first-order chi connectivity index (χ1) is 10.2. The fourth-order valence-corrected chi connectivity index (χ4v) is 2.76. The van der Waals surface area contributed by atoms with Gasteiger partial charge in [0.25, 0.3) is 0 Å². The Morgan fingerprint density at radius 3 is 3.00 bits per heavy atom. The summed E-state index contributed by atoms with van der Waals surface area (Å²) in [5.74, 6) is -0.126. The van der Waals surface area contributed by atoms with E-state index in [9.17, 15) is 9.59 Å². The number of amides is 1. The molecule has 21 heavy (non-hydrogen) atoms. The molecule has 114 valence electrons. The van der Waals surface area contributed by atoms with Crippen LogP contribution in [0.3, 0.4) is 0 Å². The molecule has 1 aliphatic rings. The molecule has 0 saturated carbocycles. The summed E-state index contributed by atoms with van der Waals surface area (Å²) < 4.78 is 4.73. The van der Waals surface area contributed by atoms with Crippen LogP contribution in [0, 0.1) is 0 Å². The molecule has 0 aliphatic carbocycles. The van der Waals surface area contributed by atoms with E-state index in [-0.39, 0.29) is 17.9 Å². The van der Waals surface area contributed by atoms with E-state index in [1.54, 1.807) is 12.4 Å². The predicted molar refractivity (Wildman–Crippen MR) is 78.5 cm³/mol. The van der Waals surface area contributed by atoms with Gasteiger partial charge in [0, 0.05) is 31.4 Å². The van der Waals surface area contributed by atoms with Crippen molar-refractivity contribution >= 4 is 11.9 Å². The van der Waals surface area contributed by atoms with Gasteiger partial charge in [0.1, 0.15) is 0 Å². The lowest BCUT2D eigenvalue weighted by Gasteiger charge is -2.35. The molecule has 5 heteroatoms. The molecule has 0 aromatic carbocycles. The summed E-state index contributed by atoms with van der Waals surface area (Å²) in [5, 5.41) is 0. The average Bonchev–Trinajstić information content (AvgIpc) is 2.54. The largest absolute Gasteiger partial charge is 0.469 e. The molecule has 1 amide bonds. The van der Waals surface area contributed by atoms with Crippen LogP contribution in [0.2, 0.25) is 0 Å². The molecule has 5 nitrogen and oxygen atoms in total. The van der Waals surface area contributed by atoms with Gasteiger partial charge in [-0.3, -0.25) is 14.6 Å². The second-order valence-corrected chi connectivity index (χ2v) is 5.38. The minimum atomic E-state index is -0.244. The fraction of sp³-hybridized carbons (Fsp3) is 0.562. The van der Waals surface area contributed by atoms with Crippen molar-refractivity contribution in [3.63, 3.8) is 0 Å². The Labute approximate surface area is 125 Å². The summed E-state index contributed by atoms with van der Waals surface area (Å²) in [7, 11) is 1.39. The molecule has 0 bridgehead atoms. The summed E-state index contributed by atoms with van der Waals surface area (Å²) >= 11 is 0. The van der Waals surface area contributed by atoms with E-state index in [0.717, 1.165) is 31.4 Å². The van der Waals surface area contributed by atoms with Crippen LogP contribution in [-0.4, -0.2) is 41.5 Å². The molecule has 1 saturated heterocycles. The average molecular weight is 290 g/mol. The number of aryl methyl sites for hydroxylation is 1. The van der Waals surface area contributed by atoms with Crippen molar-refractivity contribution in [2.24, 2.45) is 0 Å². The van der Waals surface area contributed by atoms with Crippen LogP contribution in [0.25, 0.3) is 0 Å². The first kappa shape index (κ1) is 15.5. The lowest BCUT2D eigenvalue weighted by atomic mass is 9.98. The Bertz CT molecular complexity index is 476. The van der Waals surface area contributed by atoms with Crippen LogP contribution in [0.4, 0.5) is 0 Å². The lowest BCUT2D eigenvalue weighted by molar-refractivity contribution is -0.144. The van der Waals surface area contributed by atoms with Gasteiger partial charge in [0.15, 0.2) is 0 Å². The maximum Gasteiger partial charge on any atom is 0.307 e. The molecule has 1 unspecified atom stereocenters. The monoisotopic (exact) mass is 290 g/mol. The zero-order valence-corrected chi connectivity index (χ0v) is 12.5. The molecule has 1 atom stereocenters. The molecule has 1 aliphatic heterocycles. The van der Waals surface area contributed by atoms with Crippen molar-refractivity contribution < 1.29 is 14.3 Å². The summed E-state index contributed by atoms with van der Waals surface area (Å²) in [6.45, 7) is 0.744. The minimum absolute atomic E-state index is 0.00685. The van der Waals surface area contributed by atoms with Crippen LogP contribution in [0.1, 0.15) is 37.7 Å². The summed E-state index contributed by atoms with van der Waals surface area (Å²) in [6.07, 6.45) is 7.92. The van der Waals surface area contributed by atoms with Crippen molar-refractivity contribution in [2.75, 3.05) is 13.7 Å². The van der Waals surface area contributed by atoms with Crippen molar-refractivity contribution in [1.82, 2.24) is 9.88 Å². The Morgan fingerprint density at radius 1 is 1.43 bits per heavy atom. The van der Waals surface area contributed by atoms with Crippen molar-refractivity contribution in [1.29, 1.82) is 0 Å². The molecule has 0 spiro atoms. The van der Waals surface area contributed by atoms with E-state index in [1.807, 2.05) is 17.0 Å². The molecular formula is C16H22N2O3. The molecule has 1 fully saturated rings. The van der Waals surface area contributed by atoms with E-state index in [2.05, 4.69) is 4.98 Å². The normalized spacial score (nSPS) is 18.3. The molecule has 2 rings (SSSR count). The van der Waals surface area contributed by atoms with Crippen LogP contribution in [0.5, 0.6) is 0 Å². The summed E-state index contributed by atoms with van der Waals surface area (Å²) in [5.41, 5.74) is 1.06. The second-order valence-electron chi connectivity index (χ2n) is 5.38. The van der Waals surface area contributed by atoms with E-state index >= 15 is 0 Å². The van der Waals surface area contributed by atoms with Gasteiger partial charge in [-0.15, -0.1) is 0 Å². The SMILES string of the molecule is COC(=O)CC1CCCCN1C(=O)CCc1cccnc1. The zero-order valence-electron chi connectivity index (χ0n) is 12.5. The highest BCUT2D eigenvalue weighted by atomic mass is 16.5. The van der Waals surface area contributed by atoms with Crippen LogP contribution >= 0.6 is 0 Å². The quantitative estimate of drug-likeness (QED) is 0.778. The number of carbonyl (C=O) groups is 2. The van der Waals surface area contributed by atoms with Gasteiger partial charge >= 0.3 is 5.97 Å². The Hall–Kier alpha value is -1.91. The van der Waals surface area contributed by atoms with Crippen molar-refractivity contribution in [3.8, 4) is 0 Å². The van der Waals surface area contributed by atoms with Crippen molar-refractivity contribution in [2.45, 2.75) is 44.6 Å². The molecule has 1 aromatic rings. The maximum absolute atomic E-state index is 12.4. The van der Waals surface area contributed by atoms with Gasteiger partial charge in [-0.25, -0.2) is 0 Å². The number of pyridine rings is 1. The maximum atomic E-state index is 12.4. The molecule has 1 aromatic heterocycles. The number of aromatic nitrogens is 1. The van der Waals surface area contributed by atoms with E-state index in [1.165, 1.54) is 7.11 Å². The van der Waals surface area contributed by atoms with Crippen LogP contribution in [0.15, 0.2) is 24.5 Å². The predicted octanol–water partition coefficient (Wildman–Crippen LogP) is 1.96. The highest BCUT2D eigenvalue weighted by molar-refractivity contribution is 5.78. The zero-order chi connectivity index (χ0) is 15.1. The highest BCUT2D eigenvalue weighted by Crippen LogP contribution is 2.21. The van der Waals surface area contributed by atoms with Gasteiger partial charge in [-0.1, -0.05) is 6.07 Å². The Balaban J connectivity index is 1.90. The summed E-state index contributed by atoms with van der Waals surface area (Å²) in [4.78, 5) is 29.8. The summed E-state index contributed by atoms with van der Waals surface area (Å²) in [6, 6.07) is 3.84. The number of hydrogen-bond donors (Lipinski definition) is 0. The fourth-order valence-electron chi connectivity index (χ4n) is 2.76. The molecule has 0 N–H and O–H groups in total. The van der Waals surface area contributed by atoms with Gasteiger partial charge in [0.2, 0.25) is 5.91 Å². The minimum Gasteiger partial charge on any atom is -0.469 e. The van der Waals surface area contributed by atoms with Gasteiger partial charge in [0.05, 0.1) is 13.5 Å². The Morgan fingerprint density at radius 2 is 2.29 bits per heavy atom. The van der Waals surface area contributed by atoms with E-state index in [4.69, 9.17) is 4.74 Å². The molecule has 2 heterocycles. The smallest absolute Gasteiger partial charge is 0.307 e. The number of methoxy groups -OCH3 is 1. The number of nitrogens with zero attached hydrogens (tertiary/aromatic N) is 2. The number of hydrogen-bond acceptors (Lipinski definition) is 4. The number of piperidine rings is 1. The number of esters is 1. The standard InChI is InChI=1S/C16H22N2O3/c1-21-16(20)11-14-6-2-3-10-18(14)15(19)8-7-13-5-4-9-17-12-13/h4-5,9,12,14H,2-3,6-8,10-11H2,1H3. The van der Waals surface area contributed by atoms with Gasteiger partial charge in [-0.2, -0.15) is 0 Å². The highest BCUT2D eigenvalue weighted by Gasteiger charge is 2.28. The Kier molecular flexibility index (Phi) is 5.72. The second kappa shape index (κ2) is 7.76. The van der Waals surface area contributed by atoms with E-state index < -0.39 is 0 Å². The third-order valence-electron chi connectivity index (χ3n) is 3.93.